The molecule has 8 nitrogen and oxygen atoms in total. The molecule has 0 spiro atoms. The number of carbonyl (C=O) groups is 1. The summed E-state index contributed by atoms with van der Waals surface area (Å²) >= 11 is 0. The number of nitrogens with one attached hydrogen (secondary N) is 2. The normalized spacial score (nSPS) is 17.2. The van der Waals surface area contributed by atoms with Gasteiger partial charge in [0, 0.05) is 45.0 Å². The van der Waals surface area contributed by atoms with E-state index in [-0.39, 0.29) is 20.5 Å². The number of pyridine rings is 1. The third kappa shape index (κ3) is 6.38. The summed E-state index contributed by atoms with van der Waals surface area (Å²) in [4.78, 5) is 35.9. The lowest BCUT2D eigenvalue weighted by atomic mass is 9.91. The van der Waals surface area contributed by atoms with Crippen molar-refractivity contribution >= 4 is 28.6 Å². The lowest BCUT2D eigenvalue weighted by molar-refractivity contribution is -0.114. The second kappa shape index (κ2) is 12.5. The highest BCUT2D eigenvalue weighted by atomic mass is 19.2. The summed E-state index contributed by atoms with van der Waals surface area (Å²) in [7, 11) is 4.66. The van der Waals surface area contributed by atoms with Crippen LogP contribution in [0, 0.1) is 17.5 Å². The molecule has 1 aromatic carbocycles. The van der Waals surface area contributed by atoms with Gasteiger partial charge in [0.1, 0.15) is 11.3 Å². The number of hydrogen-bond acceptors (Lipinski definition) is 6. The predicted octanol–water partition coefficient (Wildman–Crippen LogP) is 5.78. The predicted molar refractivity (Wildman–Crippen MR) is 148 cm³/mol. The highest BCUT2D eigenvalue weighted by molar-refractivity contribution is 5.90. The number of anilines is 2. The molecular formula is C27H38F4N6O2. The van der Waals surface area contributed by atoms with E-state index in [9.17, 15) is 22.8 Å². The molecule has 216 valence electrons. The molecule has 0 bridgehead atoms. The van der Waals surface area contributed by atoms with Crippen LogP contribution in [0.2, 0.25) is 0 Å². The highest BCUT2D eigenvalue weighted by Crippen LogP contribution is 2.32. The second-order valence-electron chi connectivity index (χ2n) is 10.0. The smallest absolute Gasteiger partial charge is 0.260 e. The number of benzene rings is 1. The van der Waals surface area contributed by atoms with E-state index in [1.807, 2.05) is 5.32 Å². The second-order valence-corrected chi connectivity index (χ2v) is 10.0. The van der Waals surface area contributed by atoms with Crippen molar-refractivity contribution in [3.63, 3.8) is 0 Å². The van der Waals surface area contributed by atoms with Gasteiger partial charge in [0.15, 0.2) is 17.5 Å². The van der Waals surface area contributed by atoms with Crippen molar-refractivity contribution in [1.29, 1.82) is 0 Å². The minimum Gasteiger partial charge on any atom is -0.351 e. The number of halogens is 4. The summed E-state index contributed by atoms with van der Waals surface area (Å²) in [5.41, 5.74) is -2.01. The SMILES string of the molecule is CC(=O)Nc1c(F)cc(-c2cc3cnc(NC4CCC(N(C)C)CC4)nc3n(C(C)C)c2=O)c(F)c1F.CF.[HH].[HH]. The zero-order valence-electron chi connectivity index (χ0n) is 22.9. The van der Waals surface area contributed by atoms with Crippen LogP contribution in [-0.2, 0) is 4.79 Å². The van der Waals surface area contributed by atoms with Crippen LogP contribution in [0.25, 0.3) is 22.2 Å². The standard InChI is InChI=1S/C26H31F3N6O2.CH3F.2H2/c1-13(2)35-24-15(12-30-26(33-24)32-16-6-8-17(9-7-16)34(4)5)10-19(25(35)37)18-11-20(27)23(31-14(3)36)22(29)21(18)28;1-2;;/h10-13,16-17H,6-9H2,1-5H3,(H,31,36)(H,30,32,33);1H3;2*1H. The van der Waals surface area contributed by atoms with E-state index < -0.39 is 40.2 Å². The summed E-state index contributed by atoms with van der Waals surface area (Å²) in [6.07, 6.45) is 5.54. The van der Waals surface area contributed by atoms with E-state index in [0.29, 0.717) is 36.3 Å². The maximum Gasteiger partial charge on any atom is 0.260 e. The van der Waals surface area contributed by atoms with Crippen molar-refractivity contribution in [1.82, 2.24) is 19.4 Å². The number of fused-ring (bicyclic) bond motifs is 1. The van der Waals surface area contributed by atoms with E-state index in [4.69, 9.17) is 0 Å². The van der Waals surface area contributed by atoms with E-state index in [1.165, 1.54) is 16.8 Å². The molecule has 2 heterocycles. The highest BCUT2D eigenvalue weighted by Gasteiger charge is 2.25. The zero-order valence-corrected chi connectivity index (χ0v) is 22.9. The molecule has 1 saturated carbocycles. The number of amides is 1. The number of aromatic nitrogens is 3. The van der Waals surface area contributed by atoms with E-state index >= 15 is 4.39 Å². The van der Waals surface area contributed by atoms with Crippen LogP contribution in [0.1, 0.15) is 55.3 Å². The Morgan fingerprint density at radius 3 is 2.28 bits per heavy atom. The molecule has 1 amide bonds. The molecule has 4 rings (SSSR count). The molecule has 3 aromatic rings. The monoisotopic (exact) mass is 554 g/mol. The Morgan fingerprint density at radius 1 is 1.08 bits per heavy atom. The first kappa shape index (κ1) is 30.0. The molecule has 12 heteroatoms. The van der Waals surface area contributed by atoms with Crippen molar-refractivity contribution in [3.05, 3.63) is 46.1 Å². The van der Waals surface area contributed by atoms with Crippen molar-refractivity contribution in [2.45, 2.75) is 64.6 Å². The summed E-state index contributed by atoms with van der Waals surface area (Å²) in [6.45, 7) is 4.58. The summed E-state index contributed by atoms with van der Waals surface area (Å²) < 4.78 is 55.1. The fraction of sp³-hybridized carbons (Fsp3) is 0.481. The van der Waals surface area contributed by atoms with Gasteiger partial charge in [-0.15, -0.1) is 0 Å². The molecule has 0 aliphatic heterocycles. The number of hydrogen-bond donors (Lipinski definition) is 2. The van der Waals surface area contributed by atoms with Gasteiger partial charge in [-0.25, -0.2) is 18.2 Å². The fourth-order valence-corrected chi connectivity index (χ4v) is 4.86. The van der Waals surface area contributed by atoms with Gasteiger partial charge in [0.05, 0.1) is 12.7 Å². The third-order valence-electron chi connectivity index (χ3n) is 6.80. The first-order valence-electron chi connectivity index (χ1n) is 12.7. The van der Waals surface area contributed by atoms with Crippen molar-refractivity contribution in [2.75, 3.05) is 31.9 Å². The average molecular weight is 555 g/mol. The first-order valence-corrected chi connectivity index (χ1v) is 12.7. The Balaban J connectivity index is 0.00000206. The van der Waals surface area contributed by atoms with Gasteiger partial charge in [-0.2, -0.15) is 4.98 Å². The number of rotatable bonds is 6. The lowest BCUT2D eigenvalue weighted by Gasteiger charge is -2.33. The van der Waals surface area contributed by atoms with E-state index in [0.717, 1.165) is 32.6 Å². The first-order chi connectivity index (χ1) is 18.5. The quantitative estimate of drug-likeness (QED) is 0.297. The zero-order chi connectivity index (χ0) is 29.0. The van der Waals surface area contributed by atoms with E-state index in [1.54, 1.807) is 13.8 Å². The Hall–Kier alpha value is -3.54. The topological polar surface area (TPSA) is 92.2 Å². The molecular weight excluding hydrogens is 516 g/mol. The Bertz CT molecular complexity index is 1410. The number of carbonyl (C=O) groups excluding carboxylic acids is 1. The fourth-order valence-electron chi connectivity index (χ4n) is 4.86. The minimum atomic E-state index is -1.58. The lowest BCUT2D eigenvalue weighted by Crippen LogP contribution is -2.36. The molecule has 2 N–H and O–H groups in total. The van der Waals surface area contributed by atoms with Crippen LogP contribution in [0.4, 0.5) is 29.2 Å². The average Bonchev–Trinajstić information content (AvgIpc) is 2.89. The third-order valence-corrected chi connectivity index (χ3v) is 6.80. The van der Waals surface area contributed by atoms with Gasteiger partial charge >= 0.3 is 0 Å². The largest absolute Gasteiger partial charge is 0.351 e. The van der Waals surface area contributed by atoms with Crippen molar-refractivity contribution in [2.24, 2.45) is 0 Å². The Kier molecular flexibility index (Phi) is 9.65. The van der Waals surface area contributed by atoms with Gasteiger partial charge in [-0.05, 0) is 65.8 Å². The van der Waals surface area contributed by atoms with Crippen LogP contribution in [0.15, 0.2) is 23.1 Å². The van der Waals surface area contributed by atoms with Crippen LogP contribution < -0.4 is 16.2 Å². The molecule has 39 heavy (non-hydrogen) atoms. The number of alkyl halides is 1. The molecule has 1 aliphatic rings. The molecule has 1 aliphatic carbocycles. The van der Waals surface area contributed by atoms with Crippen molar-refractivity contribution < 1.29 is 25.2 Å². The summed E-state index contributed by atoms with van der Waals surface area (Å²) in [5.74, 6) is -4.60. The molecule has 0 radical (unpaired) electrons. The Morgan fingerprint density at radius 2 is 1.72 bits per heavy atom. The van der Waals surface area contributed by atoms with Crippen LogP contribution in [-0.4, -0.2) is 58.7 Å². The van der Waals surface area contributed by atoms with Crippen LogP contribution in [0.3, 0.4) is 0 Å². The van der Waals surface area contributed by atoms with Gasteiger partial charge in [0.2, 0.25) is 11.9 Å². The maximum atomic E-state index is 15.0. The van der Waals surface area contributed by atoms with Gasteiger partial charge in [-0.3, -0.25) is 18.5 Å². The Labute approximate surface area is 227 Å². The molecule has 0 unspecified atom stereocenters. The van der Waals surface area contributed by atoms with Crippen LogP contribution in [0.5, 0.6) is 0 Å². The maximum absolute atomic E-state index is 15.0. The summed E-state index contributed by atoms with van der Waals surface area (Å²) in [5, 5.41) is 5.71. The molecule has 1 fully saturated rings. The minimum absolute atomic E-state index is 0. The number of nitrogens with zero attached hydrogens (tertiary/aromatic N) is 4. The molecule has 0 saturated heterocycles. The molecule has 0 atom stereocenters. The van der Waals surface area contributed by atoms with Gasteiger partial charge < -0.3 is 15.5 Å². The van der Waals surface area contributed by atoms with E-state index in [2.05, 4.69) is 34.3 Å². The van der Waals surface area contributed by atoms with Gasteiger partial charge in [0.25, 0.3) is 5.56 Å². The van der Waals surface area contributed by atoms with Crippen molar-refractivity contribution in [3.8, 4) is 11.1 Å². The van der Waals surface area contributed by atoms with Gasteiger partial charge in [-0.1, -0.05) is 0 Å². The molecule has 2 aromatic heterocycles. The van der Waals surface area contributed by atoms with Crippen LogP contribution >= 0.6 is 0 Å². The summed E-state index contributed by atoms with van der Waals surface area (Å²) in [6, 6.07) is 2.40.